The highest BCUT2D eigenvalue weighted by molar-refractivity contribution is 7.14. The standard InChI is InChI=1S/C19H16FN5O3S/c20-12-3-1-2-4-15(12)25-8-11(6-16(25)26)18(28)24-19-23-14(9-29-19)10-5-13(17(21)27)22-7-10/h1-5,7,9,11,22H,6,8H2,(H2,21,27)(H,23,24,28). The Hall–Kier alpha value is -3.53. The zero-order chi connectivity index (χ0) is 20.5. The second-order valence-corrected chi connectivity index (χ2v) is 7.41. The lowest BCUT2D eigenvalue weighted by atomic mass is 10.1. The van der Waals surface area contributed by atoms with Gasteiger partial charge >= 0.3 is 0 Å². The molecule has 10 heteroatoms. The van der Waals surface area contributed by atoms with Crippen molar-refractivity contribution < 1.29 is 18.8 Å². The highest BCUT2D eigenvalue weighted by Gasteiger charge is 2.36. The van der Waals surface area contributed by atoms with Crippen LogP contribution in [-0.2, 0) is 9.59 Å². The lowest BCUT2D eigenvalue weighted by Gasteiger charge is -2.17. The molecule has 1 fully saturated rings. The van der Waals surface area contributed by atoms with Crippen molar-refractivity contribution in [3.8, 4) is 11.3 Å². The molecule has 148 valence electrons. The van der Waals surface area contributed by atoms with E-state index in [1.54, 1.807) is 29.8 Å². The molecule has 1 aliphatic rings. The number of primary amides is 1. The van der Waals surface area contributed by atoms with Crippen LogP contribution in [0.2, 0.25) is 0 Å². The summed E-state index contributed by atoms with van der Waals surface area (Å²) in [5.74, 6) is -2.35. The molecular weight excluding hydrogens is 397 g/mol. The highest BCUT2D eigenvalue weighted by Crippen LogP contribution is 2.29. The Balaban J connectivity index is 1.44. The minimum atomic E-state index is -0.608. The Morgan fingerprint density at radius 3 is 2.86 bits per heavy atom. The van der Waals surface area contributed by atoms with Gasteiger partial charge in [0.05, 0.1) is 17.3 Å². The zero-order valence-electron chi connectivity index (χ0n) is 15.0. The highest BCUT2D eigenvalue weighted by atomic mass is 32.1. The average molecular weight is 413 g/mol. The first kappa shape index (κ1) is 18.8. The summed E-state index contributed by atoms with van der Waals surface area (Å²) >= 11 is 1.22. The number of para-hydroxylation sites is 1. The van der Waals surface area contributed by atoms with Gasteiger partial charge < -0.3 is 20.9 Å². The number of rotatable bonds is 5. The quantitative estimate of drug-likeness (QED) is 0.594. The molecule has 0 radical (unpaired) electrons. The number of aromatic amines is 1. The van der Waals surface area contributed by atoms with Crippen molar-refractivity contribution >= 4 is 39.9 Å². The van der Waals surface area contributed by atoms with E-state index in [0.29, 0.717) is 16.4 Å². The first-order valence-electron chi connectivity index (χ1n) is 8.72. The number of nitrogens with zero attached hydrogens (tertiary/aromatic N) is 2. The van der Waals surface area contributed by atoms with Crippen LogP contribution in [-0.4, -0.2) is 34.2 Å². The number of aromatic nitrogens is 2. The van der Waals surface area contributed by atoms with E-state index in [9.17, 15) is 18.8 Å². The van der Waals surface area contributed by atoms with Crippen molar-refractivity contribution in [2.45, 2.75) is 6.42 Å². The van der Waals surface area contributed by atoms with Crippen molar-refractivity contribution in [3.63, 3.8) is 0 Å². The molecule has 3 aromatic rings. The molecule has 1 unspecified atom stereocenters. The van der Waals surface area contributed by atoms with Crippen molar-refractivity contribution in [1.82, 2.24) is 9.97 Å². The van der Waals surface area contributed by atoms with E-state index in [4.69, 9.17) is 5.73 Å². The van der Waals surface area contributed by atoms with Crippen LogP contribution in [0.4, 0.5) is 15.2 Å². The molecule has 29 heavy (non-hydrogen) atoms. The van der Waals surface area contributed by atoms with Gasteiger partial charge in [0.1, 0.15) is 11.5 Å². The molecule has 4 N–H and O–H groups in total. The monoisotopic (exact) mass is 413 g/mol. The summed E-state index contributed by atoms with van der Waals surface area (Å²) in [5, 5.41) is 4.80. The van der Waals surface area contributed by atoms with E-state index in [1.807, 2.05) is 0 Å². The Kier molecular flexibility index (Phi) is 4.85. The maximum atomic E-state index is 14.0. The van der Waals surface area contributed by atoms with Gasteiger partial charge in [0.25, 0.3) is 5.91 Å². The van der Waals surface area contributed by atoms with Crippen molar-refractivity contribution in [1.29, 1.82) is 0 Å². The fourth-order valence-electron chi connectivity index (χ4n) is 3.14. The van der Waals surface area contributed by atoms with Crippen LogP contribution in [0.1, 0.15) is 16.9 Å². The van der Waals surface area contributed by atoms with E-state index in [0.717, 1.165) is 0 Å². The second-order valence-electron chi connectivity index (χ2n) is 6.55. The van der Waals surface area contributed by atoms with Crippen LogP contribution in [0, 0.1) is 11.7 Å². The largest absolute Gasteiger partial charge is 0.364 e. The average Bonchev–Trinajstić information content (AvgIpc) is 3.41. The third-order valence-corrected chi connectivity index (χ3v) is 5.38. The van der Waals surface area contributed by atoms with E-state index >= 15 is 0 Å². The number of thiazole rings is 1. The lowest BCUT2D eigenvalue weighted by Crippen LogP contribution is -2.28. The smallest absolute Gasteiger partial charge is 0.265 e. The first-order valence-corrected chi connectivity index (χ1v) is 9.60. The molecule has 1 aromatic carbocycles. The van der Waals surface area contributed by atoms with E-state index in [1.165, 1.54) is 28.4 Å². The Morgan fingerprint density at radius 2 is 2.14 bits per heavy atom. The van der Waals surface area contributed by atoms with Gasteiger partial charge in [-0.2, -0.15) is 0 Å². The van der Waals surface area contributed by atoms with Crippen LogP contribution < -0.4 is 16.0 Å². The number of nitrogens with two attached hydrogens (primary N) is 1. The van der Waals surface area contributed by atoms with Gasteiger partial charge in [-0.25, -0.2) is 9.37 Å². The number of carbonyl (C=O) groups excluding carboxylic acids is 3. The summed E-state index contributed by atoms with van der Waals surface area (Å²) in [7, 11) is 0. The van der Waals surface area contributed by atoms with Gasteiger partial charge in [-0.3, -0.25) is 14.4 Å². The van der Waals surface area contributed by atoms with E-state index in [2.05, 4.69) is 15.3 Å². The normalized spacial score (nSPS) is 16.2. The number of carbonyl (C=O) groups is 3. The number of H-pyrrole nitrogens is 1. The minimum Gasteiger partial charge on any atom is -0.364 e. The third kappa shape index (κ3) is 3.74. The van der Waals surface area contributed by atoms with Crippen LogP contribution in [0.5, 0.6) is 0 Å². The number of hydrogen-bond donors (Lipinski definition) is 3. The maximum absolute atomic E-state index is 14.0. The van der Waals surface area contributed by atoms with Crippen LogP contribution in [0.3, 0.4) is 0 Å². The lowest BCUT2D eigenvalue weighted by molar-refractivity contribution is -0.122. The van der Waals surface area contributed by atoms with E-state index in [-0.39, 0.29) is 36.2 Å². The number of amides is 3. The number of nitrogens with one attached hydrogen (secondary N) is 2. The Bertz CT molecular complexity index is 1110. The van der Waals surface area contributed by atoms with Crippen LogP contribution in [0.25, 0.3) is 11.3 Å². The van der Waals surface area contributed by atoms with E-state index < -0.39 is 17.6 Å². The molecule has 3 heterocycles. The predicted molar refractivity (Wildman–Crippen MR) is 106 cm³/mol. The summed E-state index contributed by atoms with van der Waals surface area (Å²) in [6, 6.07) is 7.54. The van der Waals surface area contributed by atoms with Gasteiger partial charge in [0.2, 0.25) is 11.8 Å². The van der Waals surface area contributed by atoms with Crippen molar-refractivity contribution in [2.24, 2.45) is 11.7 Å². The van der Waals surface area contributed by atoms with Gasteiger partial charge in [0.15, 0.2) is 5.13 Å². The number of halogens is 1. The molecule has 3 amide bonds. The Labute approximate surface area is 168 Å². The molecule has 1 aliphatic heterocycles. The maximum Gasteiger partial charge on any atom is 0.265 e. The zero-order valence-corrected chi connectivity index (χ0v) is 15.8. The molecule has 2 aromatic heterocycles. The SMILES string of the molecule is NC(=O)c1cc(-c2csc(NC(=O)C3CC(=O)N(c4ccccc4F)C3)n2)c[nH]1. The van der Waals surface area contributed by atoms with Gasteiger partial charge in [-0.1, -0.05) is 12.1 Å². The first-order chi connectivity index (χ1) is 13.9. The molecule has 4 rings (SSSR count). The molecule has 0 aliphatic carbocycles. The number of hydrogen-bond acceptors (Lipinski definition) is 5. The van der Waals surface area contributed by atoms with Crippen LogP contribution >= 0.6 is 11.3 Å². The summed E-state index contributed by atoms with van der Waals surface area (Å²) < 4.78 is 14.0. The molecule has 1 saturated heterocycles. The van der Waals surface area contributed by atoms with Gasteiger partial charge in [-0.05, 0) is 18.2 Å². The number of anilines is 2. The summed E-state index contributed by atoms with van der Waals surface area (Å²) in [5.41, 5.74) is 6.89. The molecule has 0 bridgehead atoms. The topological polar surface area (TPSA) is 121 Å². The molecule has 8 nitrogen and oxygen atoms in total. The predicted octanol–water partition coefficient (Wildman–Crippen LogP) is 2.37. The number of benzene rings is 1. The fraction of sp³-hybridized carbons (Fsp3) is 0.158. The minimum absolute atomic E-state index is 0.00180. The molecule has 0 spiro atoms. The fourth-order valence-corrected chi connectivity index (χ4v) is 3.86. The third-order valence-electron chi connectivity index (χ3n) is 4.62. The van der Waals surface area contributed by atoms with Gasteiger partial charge in [-0.15, -0.1) is 11.3 Å². The molecule has 1 atom stereocenters. The van der Waals surface area contributed by atoms with Crippen molar-refractivity contribution in [2.75, 3.05) is 16.8 Å². The van der Waals surface area contributed by atoms with Crippen molar-refractivity contribution in [3.05, 3.63) is 53.4 Å². The summed E-state index contributed by atoms with van der Waals surface area (Å²) in [6.07, 6.45) is 1.60. The molecular formula is C19H16FN5O3S. The van der Waals surface area contributed by atoms with Gasteiger partial charge in [0, 0.05) is 30.1 Å². The summed E-state index contributed by atoms with van der Waals surface area (Å²) in [6.45, 7) is 0.101. The Morgan fingerprint density at radius 1 is 1.34 bits per heavy atom. The van der Waals surface area contributed by atoms with Crippen LogP contribution in [0.15, 0.2) is 41.9 Å². The summed E-state index contributed by atoms with van der Waals surface area (Å²) in [4.78, 5) is 44.4. The molecule has 0 saturated carbocycles. The second kappa shape index (κ2) is 7.47.